The monoisotopic (exact) mass is 487 g/mol. The molecule has 0 saturated carbocycles. The average Bonchev–Trinajstić information content (AvgIpc) is 3.55. The van der Waals surface area contributed by atoms with Gasteiger partial charge in [-0.2, -0.15) is 0 Å². The van der Waals surface area contributed by atoms with E-state index in [1.165, 1.54) is 26.9 Å². The lowest BCUT2D eigenvalue weighted by atomic mass is 10.0. The van der Waals surface area contributed by atoms with Crippen molar-refractivity contribution >= 4 is 43.5 Å². The first-order valence-electron chi connectivity index (χ1n) is 12.6. The second-order valence-corrected chi connectivity index (χ2v) is 9.45. The lowest BCUT2D eigenvalue weighted by Crippen LogP contribution is -2.00. The minimum Gasteiger partial charge on any atom is -0.316 e. The number of benzene rings is 4. The summed E-state index contributed by atoms with van der Waals surface area (Å²) in [5, 5.41) is 6.09. The van der Waals surface area contributed by atoms with Gasteiger partial charge in [0, 0.05) is 52.2 Å². The smallest absolute Gasteiger partial charge is 0.163 e. The number of rotatable bonds is 3. The van der Waals surface area contributed by atoms with E-state index < -0.39 is 0 Å². The van der Waals surface area contributed by atoms with Crippen molar-refractivity contribution in [2.45, 2.75) is 0 Å². The van der Waals surface area contributed by atoms with Crippen LogP contribution in [0.1, 0.15) is 0 Å². The Balaban J connectivity index is 1.49. The summed E-state index contributed by atoms with van der Waals surface area (Å²) in [5.74, 6) is 1.48. The fourth-order valence-corrected chi connectivity index (χ4v) is 5.58. The molecule has 0 spiro atoms. The van der Waals surface area contributed by atoms with Crippen molar-refractivity contribution in [1.29, 1.82) is 0 Å². The molecule has 0 amide bonds. The summed E-state index contributed by atoms with van der Waals surface area (Å²) in [6, 6.07) is 36.1. The predicted molar refractivity (Wildman–Crippen MR) is 154 cm³/mol. The summed E-state index contributed by atoms with van der Waals surface area (Å²) in [6.45, 7) is 0. The third-order valence-electron chi connectivity index (χ3n) is 7.29. The maximum Gasteiger partial charge on any atom is 0.163 e. The van der Waals surface area contributed by atoms with Crippen LogP contribution in [0.15, 0.2) is 128 Å². The molecule has 0 aliphatic carbocycles. The Kier molecular flexibility index (Phi) is 4.45. The lowest BCUT2D eigenvalue weighted by Gasteiger charge is -2.10. The zero-order chi connectivity index (χ0) is 25.1. The van der Waals surface area contributed by atoms with Crippen LogP contribution >= 0.6 is 0 Å². The summed E-state index contributed by atoms with van der Waals surface area (Å²) >= 11 is 0. The Labute approximate surface area is 218 Å². The fraction of sp³-hybridized carbons (Fsp3) is 0. The molecule has 0 atom stereocenters. The van der Waals surface area contributed by atoms with E-state index in [1.54, 1.807) is 12.4 Å². The molecular formula is C33H21N5. The highest BCUT2D eigenvalue weighted by Gasteiger charge is 2.18. The van der Waals surface area contributed by atoms with Crippen molar-refractivity contribution in [3.05, 3.63) is 128 Å². The van der Waals surface area contributed by atoms with Crippen LogP contribution in [-0.4, -0.2) is 24.1 Å². The van der Waals surface area contributed by atoms with Gasteiger partial charge in [0.2, 0.25) is 0 Å². The first kappa shape index (κ1) is 20.9. The van der Waals surface area contributed by atoms with E-state index in [0.717, 1.165) is 33.6 Å². The number of para-hydroxylation sites is 1. The topological polar surface area (TPSA) is 48.5 Å². The summed E-state index contributed by atoms with van der Waals surface area (Å²) in [7, 11) is 0. The van der Waals surface area contributed by atoms with E-state index in [0.29, 0.717) is 5.82 Å². The van der Waals surface area contributed by atoms with Crippen molar-refractivity contribution in [3.8, 4) is 22.9 Å². The van der Waals surface area contributed by atoms with E-state index in [2.05, 4.69) is 104 Å². The first-order chi connectivity index (χ1) is 18.8. The number of hydrogen-bond donors (Lipinski definition) is 0. The molecule has 8 aromatic rings. The van der Waals surface area contributed by atoms with Crippen LogP contribution < -0.4 is 0 Å². The lowest BCUT2D eigenvalue weighted by molar-refractivity contribution is 1.04. The molecule has 0 aliphatic heterocycles. The third kappa shape index (κ3) is 3.09. The van der Waals surface area contributed by atoms with Gasteiger partial charge >= 0.3 is 0 Å². The molecule has 0 aliphatic rings. The van der Waals surface area contributed by atoms with Gasteiger partial charge in [-0.15, -0.1) is 0 Å². The van der Waals surface area contributed by atoms with Crippen LogP contribution in [0.4, 0.5) is 0 Å². The zero-order valence-electron chi connectivity index (χ0n) is 20.4. The Morgan fingerprint density at radius 1 is 0.605 bits per heavy atom. The van der Waals surface area contributed by atoms with E-state index >= 15 is 0 Å². The van der Waals surface area contributed by atoms with Crippen LogP contribution in [0.2, 0.25) is 0 Å². The molecule has 0 unspecified atom stereocenters. The summed E-state index contributed by atoms with van der Waals surface area (Å²) < 4.78 is 4.51. The molecule has 4 aromatic carbocycles. The Bertz CT molecular complexity index is 2120. The standard InChI is InChI=1S/C33H21N5/c1-2-9-25(10-3-1)37-18-15-23-19-27-30(20-29(23)37)38(28-13-12-22-7-4-5-11-26(22)32(27)28)31-14-17-35-33(36-31)24-8-6-16-34-21-24/h1-21H. The minimum atomic E-state index is 0.653. The van der Waals surface area contributed by atoms with E-state index in [9.17, 15) is 0 Å². The summed E-state index contributed by atoms with van der Waals surface area (Å²) in [4.78, 5) is 13.8. The Hall–Kier alpha value is -5.29. The fourth-order valence-electron chi connectivity index (χ4n) is 5.58. The summed E-state index contributed by atoms with van der Waals surface area (Å²) in [5.41, 5.74) is 5.40. The quantitative estimate of drug-likeness (QED) is 0.256. The molecule has 8 rings (SSSR count). The van der Waals surface area contributed by atoms with Crippen molar-refractivity contribution in [3.63, 3.8) is 0 Å². The molecule has 0 saturated heterocycles. The molecule has 0 radical (unpaired) electrons. The second kappa shape index (κ2) is 8.11. The van der Waals surface area contributed by atoms with Gasteiger partial charge in [-0.25, -0.2) is 9.97 Å². The molecule has 5 heteroatoms. The first-order valence-corrected chi connectivity index (χ1v) is 12.6. The van der Waals surface area contributed by atoms with Gasteiger partial charge in [0.05, 0.1) is 16.6 Å². The molecule has 5 nitrogen and oxygen atoms in total. The maximum absolute atomic E-state index is 5.02. The third-order valence-corrected chi connectivity index (χ3v) is 7.29. The van der Waals surface area contributed by atoms with Crippen LogP contribution in [-0.2, 0) is 0 Å². The van der Waals surface area contributed by atoms with Crippen LogP contribution in [0, 0.1) is 0 Å². The van der Waals surface area contributed by atoms with Crippen molar-refractivity contribution in [2.75, 3.05) is 0 Å². The van der Waals surface area contributed by atoms with Gasteiger partial charge in [-0.3, -0.25) is 9.55 Å². The zero-order valence-corrected chi connectivity index (χ0v) is 20.4. The van der Waals surface area contributed by atoms with Gasteiger partial charge < -0.3 is 4.57 Å². The molecular weight excluding hydrogens is 466 g/mol. The van der Waals surface area contributed by atoms with Crippen molar-refractivity contribution < 1.29 is 0 Å². The number of hydrogen-bond acceptors (Lipinski definition) is 3. The average molecular weight is 488 g/mol. The van der Waals surface area contributed by atoms with Gasteiger partial charge in [0.25, 0.3) is 0 Å². The molecule has 0 bridgehead atoms. The number of aromatic nitrogens is 5. The Morgan fingerprint density at radius 3 is 2.39 bits per heavy atom. The largest absolute Gasteiger partial charge is 0.316 e. The number of pyridine rings is 1. The predicted octanol–water partition coefficient (Wildman–Crippen LogP) is 7.73. The minimum absolute atomic E-state index is 0.653. The molecule has 0 N–H and O–H groups in total. The highest BCUT2D eigenvalue weighted by atomic mass is 15.1. The summed E-state index contributed by atoms with van der Waals surface area (Å²) in [6.07, 6.45) is 7.54. The van der Waals surface area contributed by atoms with E-state index in [4.69, 9.17) is 4.98 Å². The van der Waals surface area contributed by atoms with Gasteiger partial charge in [0.15, 0.2) is 5.82 Å². The second-order valence-electron chi connectivity index (χ2n) is 9.45. The highest BCUT2D eigenvalue weighted by Crippen LogP contribution is 2.39. The molecule has 4 heterocycles. The van der Waals surface area contributed by atoms with Gasteiger partial charge in [-0.05, 0) is 65.4 Å². The number of fused-ring (bicyclic) bond motifs is 6. The van der Waals surface area contributed by atoms with Gasteiger partial charge in [0.1, 0.15) is 5.82 Å². The van der Waals surface area contributed by atoms with E-state index in [1.807, 2.05) is 30.5 Å². The van der Waals surface area contributed by atoms with Crippen molar-refractivity contribution in [1.82, 2.24) is 24.1 Å². The van der Waals surface area contributed by atoms with E-state index in [-0.39, 0.29) is 0 Å². The number of nitrogens with zero attached hydrogens (tertiary/aromatic N) is 5. The Morgan fingerprint density at radius 2 is 1.50 bits per heavy atom. The van der Waals surface area contributed by atoms with Crippen molar-refractivity contribution in [2.24, 2.45) is 0 Å². The van der Waals surface area contributed by atoms with Crippen LogP contribution in [0.25, 0.3) is 66.4 Å². The normalized spacial score (nSPS) is 11.7. The van der Waals surface area contributed by atoms with Crippen LogP contribution in [0.3, 0.4) is 0 Å². The molecule has 4 aromatic heterocycles. The SMILES string of the molecule is c1ccc(-n2ccc3cc4c5c6ccccc6ccc5n(-c5ccnc(-c6cccnc6)n5)c4cc32)cc1. The molecule has 0 fully saturated rings. The molecule has 178 valence electrons. The van der Waals surface area contributed by atoms with Gasteiger partial charge in [-0.1, -0.05) is 48.5 Å². The molecule has 38 heavy (non-hydrogen) atoms. The maximum atomic E-state index is 5.02. The van der Waals surface area contributed by atoms with Crippen LogP contribution in [0.5, 0.6) is 0 Å². The highest BCUT2D eigenvalue weighted by molar-refractivity contribution is 6.23.